The summed E-state index contributed by atoms with van der Waals surface area (Å²) in [7, 11) is 0. The third kappa shape index (κ3) is 3.93. The maximum atomic E-state index is 12.4. The zero-order valence-corrected chi connectivity index (χ0v) is 12.0. The standard InChI is InChI=1S/C16H18N4O/c1-3-7-14(4-2)19-16(21)15-9-6-5-8-13(15)10-20-12-17-11-18-20/h1,5-6,8-9,11-12,14H,4,7,10H2,2H3,(H,19,21)/t14-/m0/s1. The number of terminal acetylenes is 1. The van der Waals surface area contributed by atoms with E-state index in [2.05, 4.69) is 21.3 Å². The molecule has 0 saturated carbocycles. The number of amides is 1. The predicted octanol–water partition coefficient (Wildman–Crippen LogP) is 1.86. The van der Waals surface area contributed by atoms with Crippen molar-refractivity contribution in [2.24, 2.45) is 0 Å². The Balaban J connectivity index is 2.15. The number of aromatic nitrogens is 3. The summed E-state index contributed by atoms with van der Waals surface area (Å²) in [6.45, 7) is 2.51. The maximum Gasteiger partial charge on any atom is 0.251 e. The average molecular weight is 282 g/mol. The van der Waals surface area contributed by atoms with E-state index in [1.807, 2.05) is 31.2 Å². The number of benzene rings is 1. The van der Waals surface area contributed by atoms with Gasteiger partial charge in [-0.25, -0.2) is 9.67 Å². The second kappa shape index (κ2) is 7.25. The van der Waals surface area contributed by atoms with Crippen LogP contribution in [0.1, 0.15) is 35.7 Å². The molecule has 1 N–H and O–H groups in total. The van der Waals surface area contributed by atoms with Gasteiger partial charge in [0, 0.05) is 18.0 Å². The Kier molecular flexibility index (Phi) is 5.10. The van der Waals surface area contributed by atoms with Crippen LogP contribution in [0.4, 0.5) is 0 Å². The first kappa shape index (κ1) is 14.8. The summed E-state index contributed by atoms with van der Waals surface area (Å²) in [5, 5.41) is 7.04. The zero-order chi connectivity index (χ0) is 15.1. The van der Waals surface area contributed by atoms with Crippen molar-refractivity contribution in [1.82, 2.24) is 20.1 Å². The van der Waals surface area contributed by atoms with E-state index in [4.69, 9.17) is 6.42 Å². The van der Waals surface area contributed by atoms with Gasteiger partial charge in [-0.05, 0) is 18.1 Å². The number of carbonyl (C=O) groups excluding carboxylic acids is 1. The topological polar surface area (TPSA) is 59.8 Å². The molecule has 21 heavy (non-hydrogen) atoms. The second-order valence-corrected chi connectivity index (χ2v) is 4.74. The van der Waals surface area contributed by atoms with Crippen molar-refractivity contribution in [1.29, 1.82) is 0 Å². The molecule has 0 saturated heterocycles. The van der Waals surface area contributed by atoms with Crippen LogP contribution in [0.15, 0.2) is 36.9 Å². The van der Waals surface area contributed by atoms with Gasteiger partial charge in [0.05, 0.1) is 6.54 Å². The largest absolute Gasteiger partial charge is 0.348 e. The minimum atomic E-state index is -0.104. The fraction of sp³-hybridized carbons (Fsp3) is 0.312. The first-order chi connectivity index (χ1) is 10.2. The van der Waals surface area contributed by atoms with E-state index in [-0.39, 0.29) is 11.9 Å². The number of nitrogens with zero attached hydrogens (tertiary/aromatic N) is 3. The highest BCUT2D eigenvalue weighted by molar-refractivity contribution is 5.95. The SMILES string of the molecule is C#CC[C@H](CC)NC(=O)c1ccccc1Cn1cncn1. The van der Waals surface area contributed by atoms with Gasteiger partial charge < -0.3 is 5.32 Å². The first-order valence-corrected chi connectivity index (χ1v) is 6.89. The van der Waals surface area contributed by atoms with Crippen molar-refractivity contribution in [2.45, 2.75) is 32.4 Å². The summed E-state index contributed by atoms with van der Waals surface area (Å²) in [6.07, 6.45) is 9.76. The Bertz CT molecular complexity index is 628. The van der Waals surface area contributed by atoms with E-state index in [1.165, 1.54) is 6.33 Å². The van der Waals surface area contributed by atoms with Gasteiger partial charge in [0.15, 0.2) is 0 Å². The van der Waals surface area contributed by atoms with Gasteiger partial charge in [0.25, 0.3) is 5.91 Å². The third-order valence-electron chi connectivity index (χ3n) is 3.25. The lowest BCUT2D eigenvalue weighted by Crippen LogP contribution is -2.34. The quantitative estimate of drug-likeness (QED) is 0.823. The summed E-state index contributed by atoms with van der Waals surface area (Å²) in [4.78, 5) is 16.3. The molecular formula is C16H18N4O. The van der Waals surface area contributed by atoms with Gasteiger partial charge in [-0.1, -0.05) is 25.1 Å². The Labute approximate surface area is 124 Å². The molecule has 5 nitrogen and oxygen atoms in total. The smallest absolute Gasteiger partial charge is 0.251 e. The highest BCUT2D eigenvalue weighted by atomic mass is 16.1. The molecule has 1 aromatic heterocycles. The Hall–Kier alpha value is -2.61. The molecule has 0 aliphatic rings. The molecule has 0 unspecified atom stereocenters. The van der Waals surface area contributed by atoms with Crippen LogP contribution in [0.2, 0.25) is 0 Å². The molecule has 5 heteroatoms. The van der Waals surface area contributed by atoms with Crippen LogP contribution in [0.25, 0.3) is 0 Å². The Morgan fingerprint density at radius 1 is 1.48 bits per heavy atom. The van der Waals surface area contributed by atoms with E-state index in [0.29, 0.717) is 18.5 Å². The van der Waals surface area contributed by atoms with Gasteiger partial charge in [0.1, 0.15) is 12.7 Å². The Morgan fingerprint density at radius 3 is 2.95 bits per heavy atom. The van der Waals surface area contributed by atoms with Gasteiger partial charge in [-0.2, -0.15) is 5.10 Å². The number of rotatable bonds is 6. The Morgan fingerprint density at radius 2 is 2.29 bits per heavy atom. The molecule has 0 bridgehead atoms. The summed E-state index contributed by atoms with van der Waals surface area (Å²) in [6, 6.07) is 7.48. The molecule has 0 spiro atoms. The van der Waals surface area contributed by atoms with Gasteiger partial charge in [0.2, 0.25) is 0 Å². The van der Waals surface area contributed by atoms with Crippen LogP contribution in [0.3, 0.4) is 0 Å². The van der Waals surface area contributed by atoms with Crippen LogP contribution in [0, 0.1) is 12.3 Å². The third-order valence-corrected chi connectivity index (χ3v) is 3.25. The number of hydrogen-bond donors (Lipinski definition) is 1. The molecule has 1 atom stereocenters. The normalized spacial score (nSPS) is 11.6. The van der Waals surface area contributed by atoms with Crippen molar-refractivity contribution in [3.05, 3.63) is 48.0 Å². The summed E-state index contributed by atoms with van der Waals surface area (Å²) < 4.78 is 1.69. The van der Waals surface area contributed by atoms with Crippen LogP contribution < -0.4 is 5.32 Å². The molecule has 1 aromatic carbocycles. The van der Waals surface area contributed by atoms with Crippen molar-refractivity contribution in [3.8, 4) is 12.3 Å². The van der Waals surface area contributed by atoms with E-state index in [0.717, 1.165) is 12.0 Å². The fourth-order valence-corrected chi connectivity index (χ4v) is 2.07. The monoisotopic (exact) mass is 282 g/mol. The van der Waals surface area contributed by atoms with E-state index in [9.17, 15) is 4.79 Å². The van der Waals surface area contributed by atoms with E-state index < -0.39 is 0 Å². The van der Waals surface area contributed by atoms with Crippen molar-refractivity contribution >= 4 is 5.91 Å². The van der Waals surface area contributed by atoms with Crippen LogP contribution in [-0.2, 0) is 6.54 Å². The van der Waals surface area contributed by atoms with E-state index in [1.54, 1.807) is 11.0 Å². The van der Waals surface area contributed by atoms with Gasteiger partial charge in [-0.3, -0.25) is 4.79 Å². The first-order valence-electron chi connectivity index (χ1n) is 6.89. The van der Waals surface area contributed by atoms with Crippen molar-refractivity contribution in [2.75, 3.05) is 0 Å². The van der Waals surface area contributed by atoms with Crippen molar-refractivity contribution < 1.29 is 4.79 Å². The second-order valence-electron chi connectivity index (χ2n) is 4.74. The molecular weight excluding hydrogens is 264 g/mol. The zero-order valence-electron chi connectivity index (χ0n) is 12.0. The van der Waals surface area contributed by atoms with Gasteiger partial charge >= 0.3 is 0 Å². The fourth-order valence-electron chi connectivity index (χ4n) is 2.07. The molecule has 108 valence electrons. The minimum Gasteiger partial charge on any atom is -0.348 e. The van der Waals surface area contributed by atoms with Crippen LogP contribution in [0.5, 0.6) is 0 Å². The molecule has 0 fully saturated rings. The van der Waals surface area contributed by atoms with Crippen LogP contribution >= 0.6 is 0 Å². The maximum absolute atomic E-state index is 12.4. The molecule has 0 aliphatic carbocycles. The highest BCUT2D eigenvalue weighted by Crippen LogP contribution is 2.11. The summed E-state index contributed by atoms with van der Waals surface area (Å²) in [5.74, 6) is 2.49. The average Bonchev–Trinajstić information content (AvgIpc) is 3.00. The lowest BCUT2D eigenvalue weighted by molar-refractivity contribution is 0.0935. The molecule has 0 radical (unpaired) electrons. The lowest BCUT2D eigenvalue weighted by Gasteiger charge is -2.16. The van der Waals surface area contributed by atoms with Gasteiger partial charge in [-0.15, -0.1) is 12.3 Å². The molecule has 2 rings (SSSR count). The highest BCUT2D eigenvalue weighted by Gasteiger charge is 2.14. The minimum absolute atomic E-state index is 0.00178. The number of hydrogen-bond acceptors (Lipinski definition) is 3. The molecule has 0 aliphatic heterocycles. The molecule has 1 amide bonds. The number of carbonyl (C=O) groups is 1. The van der Waals surface area contributed by atoms with Crippen molar-refractivity contribution in [3.63, 3.8) is 0 Å². The number of nitrogens with one attached hydrogen (secondary N) is 1. The molecule has 2 aromatic rings. The summed E-state index contributed by atoms with van der Waals surface area (Å²) >= 11 is 0. The van der Waals surface area contributed by atoms with Crippen LogP contribution in [-0.4, -0.2) is 26.7 Å². The molecule has 1 heterocycles. The van der Waals surface area contributed by atoms with E-state index >= 15 is 0 Å². The summed E-state index contributed by atoms with van der Waals surface area (Å²) in [5.41, 5.74) is 1.54. The lowest BCUT2D eigenvalue weighted by atomic mass is 10.1. The predicted molar refractivity (Wildman–Crippen MR) is 80.6 cm³/mol.